The molecule has 0 unspecified atom stereocenters. The Hall–Kier alpha value is -0.620. The number of sulfonamides is 1. The Labute approximate surface area is 140 Å². The van der Waals surface area contributed by atoms with Crippen LogP contribution in [0.2, 0.25) is 0 Å². The molecule has 0 spiro atoms. The third kappa shape index (κ3) is 3.29. The van der Waals surface area contributed by atoms with Crippen LogP contribution in [0.5, 0.6) is 0 Å². The lowest BCUT2D eigenvalue weighted by molar-refractivity contribution is -0.145. The van der Waals surface area contributed by atoms with E-state index >= 15 is 0 Å². The zero-order valence-electron chi connectivity index (χ0n) is 15.2. The Bertz CT molecular complexity index is 566. The van der Waals surface area contributed by atoms with Gasteiger partial charge in [-0.2, -0.15) is 0 Å². The highest BCUT2D eigenvalue weighted by Gasteiger charge is 2.60. The molecule has 2 aliphatic carbocycles. The van der Waals surface area contributed by atoms with Gasteiger partial charge >= 0.3 is 5.97 Å². The van der Waals surface area contributed by atoms with Crippen LogP contribution < -0.4 is 4.72 Å². The van der Waals surface area contributed by atoms with Crippen molar-refractivity contribution < 1.29 is 17.9 Å². The molecule has 23 heavy (non-hydrogen) atoms. The van der Waals surface area contributed by atoms with Crippen LogP contribution in [0.25, 0.3) is 0 Å². The lowest BCUT2D eigenvalue weighted by Crippen LogP contribution is -2.52. The van der Waals surface area contributed by atoms with Gasteiger partial charge in [0.15, 0.2) is 0 Å². The molecule has 0 radical (unpaired) electrons. The molecule has 0 aliphatic heterocycles. The van der Waals surface area contributed by atoms with Gasteiger partial charge in [0.2, 0.25) is 10.0 Å². The fourth-order valence-corrected chi connectivity index (χ4v) is 6.86. The van der Waals surface area contributed by atoms with Crippen LogP contribution in [0.1, 0.15) is 60.3 Å². The smallest absolute Gasteiger partial charge is 0.324 e. The zero-order valence-corrected chi connectivity index (χ0v) is 16.0. The van der Waals surface area contributed by atoms with Crippen LogP contribution in [0, 0.1) is 22.2 Å². The molecule has 0 aromatic heterocycles. The van der Waals surface area contributed by atoms with Crippen molar-refractivity contribution in [2.24, 2.45) is 22.2 Å². The maximum absolute atomic E-state index is 12.8. The van der Waals surface area contributed by atoms with E-state index in [2.05, 4.69) is 18.6 Å². The van der Waals surface area contributed by atoms with Gasteiger partial charge in [-0.3, -0.25) is 4.79 Å². The molecule has 5 nitrogen and oxygen atoms in total. The second kappa shape index (κ2) is 5.73. The number of hydrogen-bond donors (Lipinski definition) is 1. The first-order valence-electron chi connectivity index (χ1n) is 8.42. The van der Waals surface area contributed by atoms with E-state index in [1.165, 1.54) is 7.11 Å². The minimum atomic E-state index is -3.57. The molecule has 2 saturated carbocycles. The van der Waals surface area contributed by atoms with E-state index in [0.717, 1.165) is 25.7 Å². The second-order valence-corrected chi connectivity index (χ2v) is 10.7. The predicted molar refractivity (Wildman–Crippen MR) is 90.4 cm³/mol. The minimum absolute atomic E-state index is 0.0459. The molecule has 2 rings (SSSR count). The number of hydrogen-bond acceptors (Lipinski definition) is 4. The normalized spacial score (nSPS) is 31.1. The second-order valence-electron chi connectivity index (χ2n) is 8.98. The summed E-state index contributed by atoms with van der Waals surface area (Å²) in [6.45, 7) is 9.91. The van der Waals surface area contributed by atoms with Crippen molar-refractivity contribution >= 4 is 16.0 Å². The standard InChI is InChI=1S/C17H31NO4S/c1-15(2,3)13(14(19)22-6)18-23(20,21)11-17-9-7-12(8-10-17)16(17,4)5/h12-13,18H,7-11H2,1-6H3/t12?,13-,17?/m0/s1. The quantitative estimate of drug-likeness (QED) is 0.778. The van der Waals surface area contributed by atoms with Crippen molar-refractivity contribution in [2.45, 2.75) is 66.3 Å². The highest BCUT2D eigenvalue weighted by Crippen LogP contribution is 2.66. The topological polar surface area (TPSA) is 72.5 Å². The molecule has 0 saturated heterocycles. The number of ether oxygens (including phenoxy) is 1. The number of nitrogens with one attached hydrogen (secondary N) is 1. The molecule has 6 heteroatoms. The molecule has 134 valence electrons. The van der Waals surface area contributed by atoms with Gasteiger partial charge < -0.3 is 4.74 Å². The average Bonchev–Trinajstić information content (AvgIpc) is 2.78. The van der Waals surface area contributed by atoms with Crippen molar-refractivity contribution in [2.75, 3.05) is 12.9 Å². The molecule has 1 N–H and O–H groups in total. The fourth-order valence-electron chi connectivity index (χ4n) is 4.58. The summed E-state index contributed by atoms with van der Waals surface area (Å²) in [5, 5.41) is 0. The number of carbonyl (C=O) groups excluding carboxylic acids is 1. The Kier molecular flexibility index (Phi) is 4.66. The van der Waals surface area contributed by atoms with Crippen molar-refractivity contribution in [3.8, 4) is 0 Å². The molecule has 2 fully saturated rings. The summed E-state index contributed by atoms with van der Waals surface area (Å²) in [5.74, 6) is 0.192. The summed E-state index contributed by atoms with van der Waals surface area (Å²) in [4.78, 5) is 12.0. The van der Waals surface area contributed by atoms with E-state index in [-0.39, 0.29) is 16.6 Å². The van der Waals surface area contributed by atoms with Crippen molar-refractivity contribution in [1.29, 1.82) is 0 Å². The van der Waals surface area contributed by atoms with Gasteiger partial charge in [-0.25, -0.2) is 13.1 Å². The molecule has 0 amide bonds. The molecular weight excluding hydrogens is 314 g/mol. The average molecular weight is 346 g/mol. The van der Waals surface area contributed by atoms with Crippen molar-refractivity contribution in [1.82, 2.24) is 4.72 Å². The largest absolute Gasteiger partial charge is 0.468 e. The molecule has 2 bridgehead atoms. The van der Waals surface area contributed by atoms with E-state index in [0.29, 0.717) is 5.92 Å². The van der Waals surface area contributed by atoms with E-state index in [4.69, 9.17) is 4.74 Å². The first-order valence-corrected chi connectivity index (χ1v) is 10.1. The molecule has 1 atom stereocenters. The monoisotopic (exact) mass is 345 g/mol. The van der Waals surface area contributed by atoms with E-state index in [1.54, 1.807) is 0 Å². The van der Waals surface area contributed by atoms with Crippen molar-refractivity contribution in [3.63, 3.8) is 0 Å². The van der Waals surface area contributed by atoms with Crippen LogP contribution in [-0.4, -0.2) is 33.3 Å². The Morgan fingerprint density at radius 3 is 2.13 bits per heavy atom. The molecule has 0 aromatic rings. The van der Waals surface area contributed by atoms with Gasteiger partial charge in [-0.15, -0.1) is 0 Å². The van der Waals surface area contributed by atoms with Crippen LogP contribution in [0.4, 0.5) is 0 Å². The van der Waals surface area contributed by atoms with E-state index in [1.807, 2.05) is 20.8 Å². The van der Waals surface area contributed by atoms with Crippen LogP contribution >= 0.6 is 0 Å². The number of esters is 1. The summed E-state index contributed by atoms with van der Waals surface area (Å²) >= 11 is 0. The molecule has 2 aliphatic rings. The van der Waals surface area contributed by atoms with Gasteiger partial charge in [0, 0.05) is 0 Å². The highest BCUT2D eigenvalue weighted by molar-refractivity contribution is 7.89. The summed E-state index contributed by atoms with van der Waals surface area (Å²) in [6.07, 6.45) is 4.15. The lowest BCUT2D eigenvalue weighted by atomic mass is 9.71. The predicted octanol–water partition coefficient (Wildman–Crippen LogP) is 2.71. The third-order valence-electron chi connectivity index (χ3n) is 6.40. The Morgan fingerprint density at radius 2 is 1.78 bits per heavy atom. The maximum atomic E-state index is 12.8. The van der Waals surface area contributed by atoms with E-state index < -0.39 is 27.4 Å². The lowest BCUT2D eigenvalue weighted by Gasteiger charge is -2.38. The van der Waals surface area contributed by atoms with Crippen LogP contribution in [0.3, 0.4) is 0 Å². The number of fused-ring (bicyclic) bond motifs is 2. The summed E-state index contributed by atoms with van der Waals surface area (Å²) < 4.78 is 33.0. The van der Waals surface area contributed by atoms with Crippen LogP contribution in [-0.2, 0) is 19.6 Å². The van der Waals surface area contributed by atoms with Gasteiger partial charge in [0.1, 0.15) is 6.04 Å². The minimum Gasteiger partial charge on any atom is -0.468 e. The highest BCUT2D eigenvalue weighted by atomic mass is 32.2. The Balaban J connectivity index is 2.21. The van der Waals surface area contributed by atoms with Crippen molar-refractivity contribution in [3.05, 3.63) is 0 Å². The SMILES string of the molecule is COC(=O)[C@H](NS(=O)(=O)CC12CCC(CC1)C2(C)C)C(C)(C)C. The van der Waals surface area contributed by atoms with Crippen LogP contribution in [0.15, 0.2) is 0 Å². The number of methoxy groups -OCH3 is 1. The van der Waals surface area contributed by atoms with Gasteiger partial charge in [0.05, 0.1) is 12.9 Å². The first kappa shape index (κ1) is 18.7. The molecular formula is C17H31NO4S. The summed E-state index contributed by atoms with van der Waals surface area (Å²) in [5.41, 5.74) is -0.659. The van der Waals surface area contributed by atoms with Gasteiger partial charge in [0.25, 0.3) is 0 Å². The van der Waals surface area contributed by atoms with Gasteiger partial charge in [-0.05, 0) is 47.8 Å². The zero-order chi connectivity index (χ0) is 17.7. The third-order valence-corrected chi connectivity index (χ3v) is 7.92. The summed E-state index contributed by atoms with van der Waals surface area (Å²) in [6, 6.07) is -0.865. The number of carbonyl (C=O) groups is 1. The molecule has 0 aromatic carbocycles. The molecule has 0 heterocycles. The maximum Gasteiger partial charge on any atom is 0.324 e. The fraction of sp³-hybridized carbons (Fsp3) is 0.941. The van der Waals surface area contributed by atoms with E-state index in [9.17, 15) is 13.2 Å². The van der Waals surface area contributed by atoms with Gasteiger partial charge in [-0.1, -0.05) is 34.6 Å². The number of rotatable bonds is 5. The Morgan fingerprint density at radius 1 is 1.26 bits per heavy atom. The summed E-state index contributed by atoms with van der Waals surface area (Å²) in [7, 11) is -2.28. The first-order chi connectivity index (χ1) is 10.3.